The predicted octanol–water partition coefficient (Wildman–Crippen LogP) is 4.74. The van der Waals surface area contributed by atoms with E-state index in [0.717, 1.165) is 23.3 Å². The number of nitrogens with zero attached hydrogens (tertiary/aromatic N) is 1. The maximum absolute atomic E-state index is 6.20. The van der Waals surface area contributed by atoms with Crippen LogP contribution in [0.2, 0.25) is 10.0 Å². The molecule has 0 radical (unpaired) electrons. The standard InChI is InChI=1S/C13H14Cl2N2O/c1-3-7(2)12-11(13(16)17-18-12)9-5-4-8(14)6-10(9)15/h4-7H,3H2,1-2H3,(H2,16,17). The maximum atomic E-state index is 6.20. The molecule has 2 aromatic rings. The van der Waals surface area contributed by atoms with E-state index in [4.69, 9.17) is 33.5 Å². The summed E-state index contributed by atoms with van der Waals surface area (Å²) in [5.41, 5.74) is 7.45. The number of halogens is 2. The van der Waals surface area contributed by atoms with E-state index in [0.29, 0.717) is 15.9 Å². The van der Waals surface area contributed by atoms with E-state index < -0.39 is 0 Å². The van der Waals surface area contributed by atoms with Crippen molar-refractivity contribution in [2.24, 2.45) is 0 Å². The minimum absolute atomic E-state index is 0.233. The van der Waals surface area contributed by atoms with E-state index in [1.807, 2.05) is 6.07 Å². The van der Waals surface area contributed by atoms with Crippen molar-refractivity contribution in [3.63, 3.8) is 0 Å². The lowest BCUT2D eigenvalue weighted by Crippen LogP contribution is -1.95. The quantitative estimate of drug-likeness (QED) is 0.885. The molecule has 0 amide bonds. The van der Waals surface area contributed by atoms with Crippen molar-refractivity contribution in [1.82, 2.24) is 5.16 Å². The summed E-state index contributed by atoms with van der Waals surface area (Å²) in [5.74, 6) is 1.35. The van der Waals surface area contributed by atoms with Gasteiger partial charge in [-0.15, -0.1) is 0 Å². The minimum atomic E-state index is 0.233. The zero-order chi connectivity index (χ0) is 13.3. The van der Waals surface area contributed by atoms with E-state index in [9.17, 15) is 0 Å². The van der Waals surface area contributed by atoms with Crippen LogP contribution in [0.5, 0.6) is 0 Å². The number of nitrogen functional groups attached to an aromatic ring is 1. The van der Waals surface area contributed by atoms with Gasteiger partial charge in [0, 0.05) is 16.5 Å². The summed E-state index contributed by atoms with van der Waals surface area (Å²) >= 11 is 12.1. The Balaban J connectivity index is 2.59. The molecule has 1 aromatic carbocycles. The fourth-order valence-electron chi connectivity index (χ4n) is 1.80. The highest BCUT2D eigenvalue weighted by atomic mass is 35.5. The molecule has 1 aromatic heterocycles. The number of anilines is 1. The summed E-state index contributed by atoms with van der Waals surface area (Å²) < 4.78 is 5.32. The molecule has 0 aliphatic rings. The summed E-state index contributed by atoms with van der Waals surface area (Å²) in [6, 6.07) is 5.29. The first-order valence-corrected chi connectivity index (χ1v) is 6.50. The van der Waals surface area contributed by atoms with E-state index >= 15 is 0 Å². The molecule has 0 bridgehead atoms. The Kier molecular flexibility index (Phi) is 3.83. The van der Waals surface area contributed by atoms with Crippen molar-refractivity contribution < 1.29 is 4.52 Å². The number of hydrogen-bond acceptors (Lipinski definition) is 3. The topological polar surface area (TPSA) is 52.0 Å². The Morgan fingerprint density at radius 3 is 2.72 bits per heavy atom. The summed E-state index contributed by atoms with van der Waals surface area (Å²) in [6.07, 6.45) is 0.937. The van der Waals surface area contributed by atoms with Crippen LogP contribution < -0.4 is 5.73 Å². The van der Waals surface area contributed by atoms with Gasteiger partial charge in [0.15, 0.2) is 5.82 Å². The lowest BCUT2D eigenvalue weighted by atomic mass is 9.97. The second-order valence-corrected chi connectivity index (χ2v) is 5.08. The normalized spacial score (nSPS) is 12.7. The fraction of sp³-hybridized carbons (Fsp3) is 0.308. The lowest BCUT2D eigenvalue weighted by Gasteiger charge is -2.09. The summed E-state index contributed by atoms with van der Waals surface area (Å²) in [6.45, 7) is 4.14. The Morgan fingerprint density at radius 2 is 2.11 bits per heavy atom. The number of nitrogens with two attached hydrogens (primary N) is 1. The zero-order valence-corrected chi connectivity index (χ0v) is 11.7. The number of benzene rings is 1. The van der Waals surface area contributed by atoms with Gasteiger partial charge in [-0.05, 0) is 18.6 Å². The molecule has 2 N–H and O–H groups in total. The van der Waals surface area contributed by atoms with Crippen molar-refractivity contribution >= 4 is 29.0 Å². The molecule has 0 spiro atoms. The molecule has 1 atom stereocenters. The molecule has 2 rings (SSSR count). The molecule has 0 aliphatic heterocycles. The van der Waals surface area contributed by atoms with E-state index in [-0.39, 0.29) is 5.92 Å². The minimum Gasteiger partial charge on any atom is -0.380 e. The Bertz CT molecular complexity index is 566. The highest BCUT2D eigenvalue weighted by Gasteiger charge is 2.21. The van der Waals surface area contributed by atoms with Crippen LogP contribution >= 0.6 is 23.2 Å². The van der Waals surface area contributed by atoms with Gasteiger partial charge < -0.3 is 10.3 Å². The molecular formula is C13H14Cl2N2O. The lowest BCUT2D eigenvalue weighted by molar-refractivity contribution is 0.366. The van der Waals surface area contributed by atoms with Gasteiger partial charge in [-0.3, -0.25) is 0 Å². The highest BCUT2D eigenvalue weighted by molar-refractivity contribution is 6.36. The van der Waals surface area contributed by atoms with Crippen LogP contribution in [0, 0.1) is 0 Å². The van der Waals surface area contributed by atoms with Crippen LogP contribution in [0.3, 0.4) is 0 Å². The molecule has 0 aliphatic carbocycles. The van der Waals surface area contributed by atoms with Crippen molar-refractivity contribution in [3.05, 3.63) is 34.0 Å². The predicted molar refractivity (Wildman–Crippen MR) is 75.1 cm³/mol. The van der Waals surface area contributed by atoms with Gasteiger partial charge in [0.2, 0.25) is 0 Å². The van der Waals surface area contributed by atoms with Gasteiger partial charge >= 0.3 is 0 Å². The summed E-state index contributed by atoms with van der Waals surface area (Å²) in [5, 5.41) is 4.97. The molecular weight excluding hydrogens is 271 g/mol. The van der Waals surface area contributed by atoms with Crippen LogP contribution in [-0.2, 0) is 0 Å². The second-order valence-electron chi connectivity index (χ2n) is 4.24. The summed E-state index contributed by atoms with van der Waals surface area (Å²) in [4.78, 5) is 0. The zero-order valence-electron chi connectivity index (χ0n) is 10.2. The van der Waals surface area contributed by atoms with Crippen molar-refractivity contribution in [2.75, 3.05) is 5.73 Å². The van der Waals surface area contributed by atoms with Crippen molar-refractivity contribution in [3.8, 4) is 11.1 Å². The molecule has 3 nitrogen and oxygen atoms in total. The van der Waals surface area contributed by atoms with Gasteiger partial charge in [0.05, 0.1) is 10.6 Å². The third kappa shape index (κ3) is 2.33. The van der Waals surface area contributed by atoms with Gasteiger partial charge in [0.1, 0.15) is 5.76 Å². The SMILES string of the molecule is CCC(C)c1onc(N)c1-c1ccc(Cl)cc1Cl. The van der Waals surface area contributed by atoms with Crippen LogP contribution in [-0.4, -0.2) is 5.16 Å². The van der Waals surface area contributed by atoms with Gasteiger partial charge in [-0.25, -0.2) is 0 Å². The third-order valence-electron chi connectivity index (χ3n) is 3.01. The maximum Gasteiger partial charge on any atom is 0.175 e. The Labute approximate surface area is 116 Å². The largest absolute Gasteiger partial charge is 0.380 e. The Hall–Kier alpha value is -1.19. The summed E-state index contributed by atoms with van der Waals surface area (Å²) in [7, 11) is 0. The van der Waals surface area contributed by atoms with Crippen molar-refractivity contribution in [2.45, 2.75) is 26.2 Å². The third-order valence-corrected chi connectivity index (χ3v) is 3.55. The van der Waals surface area contributed by atoms with Gasteiger partial charge in [-0.1, -0.05) is 48.3 Å². The van der Waals surface area contributed by atoms with E-state index in [2.05, 4.69) is 19.0 Å². The molecule has 0 saturated heterocycles. The molecule has 1 heterocycles. The first-order valence-electron chi connectivity index (χ1n) is 5.75. The number of hydrogen-bond donors (Lipinski definition) is 1. The average Bonchev–Trinajstić information content (AvgIpc) is 2.70. The first kappa shape index (κ1) is 13.2. The average molecular weight is 285 g/mol. The molecule has 18 heavy (non-hydrogen) atoms. The molecule has 96 valence electrons. The van der Waals surface area contributed by atoms with Crippen molar-refractivity contribution in [1.29, 1.82) is 0 Å². The highest BCUT2D eigenvalue weighted by Crippen LogP contribution is 2.39. The van der Waals surface area contributed by atoms with E-state index in [1.54, 1.807) is 12.1 Å². The molecule has 5 heteroatoms. The Morgan fingerprint density at radius 1 is 1.39 bits per heavy atom. The molecule has 1 unspecified atom stereocenters. The number of aromatic nitrogens is 1. The number of rotatable bonds is 3. The fourth-order valence-corrected chi connectivity index (χ4v) is 2.30. The van der Waals surface area contributed by atoms with Crippen LogP contribution in [0.1, 0.15) is 31.9 Å². The smallest absolute Gasteiger partial charge is 0.175 e. The van der Waals surface area contributed by atoms with Gasteiger partial charge in [-0.2, -0.15) is 0 Å². The van der Waals surface area contributed by atoms with Gasteiger partial charge in [0.25, 0.3) is 0 Å². The molecule has 0 fully saturated rings. The molecule has 0 saturated carbocycles. The van der Waals surface area contributed by atoms with Crippen LogP contribution in [0.25, 0.3) is 11.1 Å². The van der Waals surface area contributed by atoms with E-state index in [1.165, 1.54) is 0 Å². The van der Waals surface area contributed by atoms with Crippen LogP contribution in [0.15, 0.2) is 22.7 Å². The monoisotopic (exact) mass is 284 g/mol. The van der Waals surface area contributed by atoms with Crippen LogP contribution in [0.4, 0.5) is 5.82 Å². The first-order chi connectivity index (χ1) is 8.54. The second kappa shape index (κ2) is 5.21.